The highest BCUT2D eigenvalue weighted by Crippen LogP contribution is 2.32. The maximum Gasteiger partial charge on any atom is 0.489 e. The standard InChI is InChI=1S/C14H19O5P.C12H10/c1-9-6-7-11(14(3,4)5)12(8-9)18-13(15)10(2)19-20(16)17;1-3-7-11(8-4-1)12-9-5-2-6-10-12/h6-8,10H,1-5H3;1-10H. The van der Waals surface area contributed by atoms with E-state index in [4.69, 9.17) is 4.74 Å². The summed E-state index contributed by atoms with van der Waals surface area (Å²) in [5.41, 5.74) is 4.17. The third-order valence-corrected chi connectivity index (χ3v) is 5.10. The Balaban J connectivity index is 0.000000255. The topological polar surface area (TPSA) is 75.7 Å². The molecule has 3 aromatic carbocycles. The van der Waals surface area contributed by atoms with Gasteiger partial charge in [0.1, 0.15) is 5.75 Å². The lowest BCUT2D eigenvalue weighted by Crippen LogP contribution is -2.26. The molecule has 2 atom stereocenters. The number of ether oxygens (including phenoxy) is 1. The summed E-state index contributed by atoms with van der Waals surface area (Å²) in [4.78, 5) is 22.3. The molecule has 2 unspecified atom stereocenters. The number of benzene rings is 3. The lowest BCUT2D eigenvalue weighted by molar-refractivity contribution is -0.191. The molecule has 3 aromatic rings. The van der Waals surface area contributed by atoms with E-state index < -0.39 is 20.3 Å². The lowest BCUT2D eigenvalue weighted by Gasteiger charge is -2.22. The zero-order chi connectivity index (χ0) is 23.7. The molecule has 0 aliphatic rings. The van der Waals surface area contributed by atoms with Crippen molar-refractivity contribution in [3.63, 3.8) is 0 Å². The number of aryl methyl sites for hydroxylation is 1. The van der Waals surface area contributed by atoms with Crippen LogP contribution in [0.5, 0.6) is 5.75 Å². The molecule has 0 aromatic heterocycles. The van der Waals surface area contributed by atoms with E-state index in [-0.39, 0.29) is 5.41 Å². The van der Waals surface area contributed by atoms with Gasteiger partial charge in [-0.15, -0.1) is 4.52 Å². The fourth-order valence-corrected chi connectivity index (χ4v) is 3.30. The van der Waals surface area contributed by atoms with Crippen LogP contribution in [-0.4, -0.2) is 12.1 Å². The van der Waals surface area contributed by atoms with E-state index in [1.165, 1.54) is 18.1 Å². The smallest absolute Gasteiger partial charge is 0.489 e. The van der Waals surface area contributed by atoms with E-state index in [0.717, 1.165) is 11.1 Å². The third-order valence-electron chi connectivity index (χ3n) is 4.61. The van der Waals surface area contributed by atoms with Gasteiger partial charge in [-0.05, 0) is 46.6 Å². The molecule has 6 heteroatoms. The second-order valence-corrected chi connectivity index (χ2v) is 9.03. The molecule has 0 N–H and O–H groups in total. The summed E-state index contributed by atoms with van der Waals surface area (Å²) >= 11 is 0. The van der Waals surface area contributed by atoms with Crippen molar-refractivity contribution in [3.8, 4) is 16.9 Å². The first-order chi connectivity index (χ1) is 15.1. The fourth-order valence-electron chi connectivity index (χ4n) is 2.96. The van der Waals surface area contributed by atoms with Crippen LogP contribution in [-0.2, 0) is 19.3 Å². The van der Waals surface area contributed by atoms with Crippen molar-refractivity contribution in [2.24, 2.45) is 0 Å². The summed E-state index contributed by atoms with van der Waals surface area (Å²) in [6.07, 6.45) is -1.16. The van der Waals surface area contributed by atoms with Gasteiger partial charge >= 0.3 is 14.2 Å². The number of rotatable bonds is 5. The van der Waals surface area contributed by atoms with E-state index in [2.05, 4.69) is 53.1 Å². The van der Waals surface area contributed by atoms with Crippen molar-refractivity contribution in [1.29, 1.82) is 0 Å². The molecule has 0 aliphatic heterocycles. The Hall–Kier alpha value is -2.85. The number of hydrogen-bond donors (Lipinski definition) is 0. The molecule has 0 heterocycles. The molecule has 3 rings (SSSR count). The lowest BCUT2D eigenvalue weighted by atomic mass is 9.86. The molecular formula is C26H29O5P. The maximum atomic E-state index is 11.8. The molecule has 0 amide bonds. The van der Waals surface area contributed by atoms with E-state index in [0.29, 0.717) is 5.75 Å². The van der Waals surface area contributed by atoms with Crippen LogP contribution in [0.3, 0.4) is 0 Å². The summed E-state index contributed by atoms with van der Waals surface area (Å²) in [5.74, 6) is -0.306. The zero-order valence-electron chi connectivity index (χ0n) is 19.1. The van der Waals surface area contributed by atoms with Crippen LogP contribution >= 0.6 is 8.25 Å². The van der Waals surface area contributed by atoms with Gasteiger partial charge in [0.05, 0.1) is 0 Å². The highest BCUT2D eigenvalue weighted by molar-refractivity contribution is 7.30. The minimum atomic E-state index is -3.08. The SMILES string of the molecule is Cc1ccc(C(C)(C)C)c(OC(=O)C(C)O[P+](=O)[O-])c1.c1ccc(-c2ccccc2)cc1. The van der Waals surface area contributed by atoms with Crippen LogP contribution < -0.4 is 9.63 Å². The molecule has 0 bridgehead atoms. The van der Waals surface area contributed by atoms with E-state index in [1.54, 1.807) is 6.07 Å². The van der Waals surface area contributed by atoms with Crippen molar-refractivity contribution in [2.75, 3.05) is 0 Å². The predicted octanol–water partition coefficient (Wildman–Crippen LogP) is 5.97. The second-order valence-electron chi connectivity index (χ2n) is 8.37. The summed E-state index contributed by atoms with van der Waals surface area (Å²) in [6.45, 7) is 9.23. The zero-order valence-corrected chi connectivity index (χ0v) is 20.0. The normalized spacial score (nSPS) is 12.2. The molecule has 168 valence electrons. The Labute approximate surface area is 191 Å². The van der Waals surface area contributed by atoms with Gasteiger partial charge in [0, 0.05) is 5.56 Å². The van der Waals surface area contributed by atoms with Gasteiger partial charge in [0.2, 0.25) is 6.10 Å². The predicted molar refractivity (Wildman–Crippen MR) is 126 cm³/mol. The average molecular weight is 452 g/mol. The van der Waals surface area contributed by atoms with Crippen LogP contribution in [0.1, 0.15) is 38.8 Å². The maximum absolute atomic E-state index is 11.8. The summed E-state index contributed by atoms with van der Waals surface area (Å²) in [7, 11) is -3.08. The third kappa shape index (κ3) is 8.01. The summed E-state index contributed by atoms with van der Waals surface area (Å²) in [6, 6.07) is 26.4. The van der Waals surface area contributed by atoms with Crippen LogP contribution in [0.25, 0.3) is 11.1 Å². The van der Waals surface area contributed by atoms with Gasteiger partial charge < -0.3 is 9.63 Å². The molecule has 0 saturated carbocycles. The van der Waals surface area contributed by atoms with Crippen molar-refractivity contribution in [3.05, 3.63) is 90.0 Å². The van der Waals surface area contributed by atoms with Crippen LogP contribution in [0.4, 0.5) is 0 Å². The molecule has 0 radical (unpaired) electrons. The Kier molecular flexibility index (Phi) is 9.27. The number of hydrogen-bond acceptors (Lipinski definition) is 5. The van der Waals surface area contributed by atoms with Gasteiger partial charge in [-0.2, -0.15) is 0 Å². The van der Waals surface area contributed by atoms with Crippen molar-refractivity contribution < 1.29 is 23.5 Å². The van der Waals surface area contributed by atoms with Crippen LogP contribution in [0.2, 0.25) is 0 Å². The second kappa shape index (κ2) is 11.7. The Morgan fingerprint density at radius 3 is 1.84 bits per heavy atom. The van der Waals surface area contributed by atoms with Gasteiger partial charge in [-0.25, -0.2) is 4.79 Å². The first-order valence-electron chi connectivity index (χ1n) is 10.3. The largest absolute Gasteiger partial charge is 0.566 e. The highest BCUT2D eigenvalue weighted by Gasteiger charge is 2.26. The van der Waals surface area contributed by atoms with Crippen LogP contribution in [0, 0.1) is 6.92 Å². The molecule has 5 nitrogen and oxygen atoms in total. The average Bonchev–Trinajstić information content (AvgIpc) is 2.74. The van der Waals surface area contributed by atoms with Crippen molar-refractivity contribution >= 4 is 14.2 Å². The highest BCUT2D eigenvalue weighted by atomic mass is 31.1. The van der Waals surface area contributed by atoms with Gasteiger partial charge in [0.15, 0.2) is 0 Å². The van der Waals surface area contributed by atoms with Gasteiger partial charge in [-0.3, -0.25) is 0 Å². The summed E-state index contributed by atoms with van der Waals surface area (Å²) < 4.78 is 20.2. The van der Waals surface area contributed by atoms with Gasteiger partial charge in [-0.1, -0.05) is 93.6 Å². The van der Waals surface area contributed by atoms with E-state index in [9.17, 15) is 14.3 Å². The fraction of sp³-hybridized carbons (Fsp3) is 0.269. The monoisotopic (exact) mass is 452 g/mol. The molecule has 0 saturated heterocycles. The number of carbonyl (C=O) groups is 1. The van der Waals surface area contributed by atoms with Crippen molar-refractivity contribution in [2.45, 2.75) is 46.1 Å². The molecule has 32 heavy (non-hydrogen) atoms. The van der Waals surface area contributed by atoms with Crippen molar-refractivity contribution in [1.82, 2.24) is 0 Å². The van der Waals surface area contributed by atoms with Crippen LogP contribution in [0.15, 0.2) is 78.9 Å². The Morgan fingerprint density at radius 1 is 0.906 bits per heavy atom. The number of esters is 1. The summed E-state index contributed by atoms with van der Waals surface area (Å²) in [5, 5.41) is 0. The molecular weight excluding hydrogens is 423 g/mol. The minimum Gasteiger partial charge on any atom is -0.566 e. The Morgan fingerprint density at radius 2 is 1.41 bits per heavy atom. The molecule has 0 spiro atoms. The number of carbonyl (C=O) groups excluding carboxylic acids is 1. The minimum absolute atomic E-state index is 0.197. The van der Waals surface area contributed by atoms with Gasteiger partial charge in [0.25, 0.3) is 0 Å². The molecule has 0 aliphatic carbocycles. The molecule has 0 fully saturated rings. The van der Waals surface area contributed by atoms with E-state index >= 15 is 0 Å². The quantitative estimate of drug-likeness (QED) is 0.271. The first-order valence-corrected chi connectivity index (χ1v) is 11.4. The first kappa shape index (κ1) is 25.4. The Bertz CT molecular complexity index is 990. The van der Waals surface area contributed by atoms with E-state index in [1.807, 2.05) is 52.0 Å².